The molecule has 1 atom stereocenters. The molecule has 0 aliphatic carbocycles. The molecular weight excluding hydrogens is 308 g/mol. The summed E-state index contributed by atoms with van der Waals surface area (Å²) in [6.45, 7) is 0.925. The maximum atomic E-state index is 12.2. The molecule has 2 N–H and O–H groups in total. The van der Waals surface area contributed by atoms with Gasteiger partial charge in [-0.2, -0.15) is 0 Å². The Hall–Kier alpha value is -2.18. The van der Waals surface area contributed by atoms with Crippen molar-refractivity contribution in [2.75, 3.05) is 11.9 Å². The second-order valence-electron chi connectivity index (χ2n) is 5.79. The number of amides is 1. The number of hydrogen-bond donors (Lipinski definition) is 2. The molecule has 5 nitrogen and oxygen atoms in total. The maximum absolute atomic E-state index is 12.2. The lowest BCUT2D eigenvalue weighted by atomic mass is 10.0. The van der Waals surface area contributed by atoms with Crippen LogP contribution in [0.3, 0.4) is 0 Å². The fourth-order valence-electron chi connectivity index (χ4n) is 2.90. The molecule has 4 rings (SSSR count). The SMILES string of the molecule is O=C(Nc1ccc(-c2cn3ccsc3n2)cc1)[C@@H]1CCCCN1. The van der Waals surface area contributed by atoms with Gasteiger partial charge in [0.05, 0.1) is 11.7 Å². The number of imidazole rings is 1. The summed E-state index contributed by atoms with van der Waals surface area (Å²) in [6, 6.07) is 7.79. The highest BCUT2D eigenvalue weighted by Crippen LogP contribution is 2.23. The largest absolute Gasteiger partial charge is 0.325 e. The maximum Gasteiger partial charge on any atom is 0.241 e. The summed E-state index contributed by atoms with van der Waals surface area (Å²) in [5, 5.41) is 8.27. The summed E-state index contributed by atoms with van der Waals surface area (Å²) in [5.41, 5.74) is 2.82. The monoisotopic (exact) mass is 326 g/mol. The van der Waals surface area contributed by atoms with Gasteiger partial charge in [-0.3, -0.25) is 9.20 Å². The molecule has 6 heteroatoms. The van der Waals surface area contributed by atoms with Gasteiger partial charge in [0.15, 0.2) is 4.96 Å². The first-order valence-corrected chi connectivity index (χ1v) is 8.74. The molecule has 0 unspecified atom stereocenters. The van der Waals surface area contributed by atoms with E-state index in [1.165, 1.54) is 0 Å². The van der Waals surface area contributed by atoms with Gasteiger partial charge < -0.3 is 10.6 Å². The van der Waals surface area contributed by atoms with E-state index in [4.69, 9.17) is 0 Å². The number of aromatic nitrogens is 2. The Labute approximate surface area is 138 Å². The molecule has 1 aliphatic rings. The number of carbonyl (C=O) groups is 1. The van der Waals surface area contributed by atoms with Gasteiger partial charge in [0.1, 0.15) is 0 Å². The number of carbonyl (C=O) groups excluding carboxylic acids is 1. The molecular formula is C17H18N4OS. The lowest BCUT2D eigenvalue weighted by Crippen LogP contribution is -2.43. The van der Waals surface area contributed by atoms with E-state index in [9.17, 15) is 4.79 Å². The topological polar surface area (TPSA) is 58.4 Å². The fraction of sp³-hybridized carbons (Fsp3) is 0.294. The molecule has 118 valence electrons. The van der Waals surface area contributed by atoms with Crippen LogP contribution in [0, 0.1) is 0 Å². The van der Waals surface area contributed by atoms with Gasteiger partial charge in [0, 0.05) is 29.0 Å². The summed E-state index contributed by atoms with van der Waals surface area (Å²) in [4.78, 5) is 17.8. The molecule has 3 aromatic rings. The fourth-order valence-corrected chi connectivity index (χ4v) is 3.60. The lowest BCUT2D eigenvalue weighted by Gasteiger charge is -2.22. The van der Waals surface area contributed by atoms with Crippen LogP contribution in [-0.2, 0) is 4.79 Å². The molecule has 0 saturated carbocycles. The van der Waals surface area contributed by atoms with Crippen molar-refractivity contribution in [1.82, 2.24) is 14.7 Å². The Balaban J connectivity index is 1.47. The number of nitrogens with zero attached hydrogens (tertiary/aromatic N) is 2. The van der Waals surface area contributed by atoms with Crippen molar-refractivity contribution in [3.8, 4) is 11.3 Å². The van der Waals surface area contributed by atoms with Crippen LogP contribution in [0.2, 0.25) is 0 Å². The Bertz CT molecular complexity index is 786. The molecule has 1 saturated heterocycles. The van der Waals surface area contributed by atoms with E-state index < -0.39 is 0 Å². The number of piperidine rings is 1. The molecule has 1 amide bonds. The molecule has 1 aromatic carbocycles. The first-order valence-electron chi connectivity index (χ1n) is 7.86. The van der Waals surface area contributed by atoms with E-state index in [2.05, 4.69) is 15.6 Å². The third kappa shape index (κ3) is 3.00. The van der Waals surface area contributed by atoms with Crippen molar-refractivity contribution < 1.29 is 4.79 Å². The summed E-state index contributed by atoms with van der Waals surface area (Å²) in [6.07, 6.45) is 7.20. The second-order valence-corrected chi connectivity index (χ2v) is 6.66. The summed E-state index contributed by atoms with van der Waals surface area (Å²) in [5.74, 6) is 0.0555. The molecule has 3 heterocycles. The third-order valence-electron chi connectivity index (χ3n) is 4.17. The predicted molar refractivity (Wildman–Crippen MR) is 92.8 cm³/mol. The number of nitrogens with one attached hydrogen (secondary N) is 2. The van der Waals surface area contributed by atoms with Crippen molar-refractivity contribution in [2.45, 2.75) is 25.3 Å². The van der Waals surface area contributed by atoms with Crippen LogP contribution >= 0.6 is 11.3 Å². The Morgan fingerprint density at radius 2 is 2.17 bits per heavy atom. The van der Waals surface area contributed by atoms with Gasteiger partial charge in [0.2, 0.25) is 5.91 Å². The predicted octanol–water partition coefficient (Wildman–Crippen LogP) is 3.14. The normalized spacial score (nSPS) is 18.2. The number of thiazole rings is 1. The first-order chi connectivity index (χ1) is 11.3. The number of hydrogen-bond acceptors (Lipinski definition) is 4. The minimum absolute atomic E-state index is 0.0555. The van der Waals surface area contributed by atoms with Crippen LogP contribution < -0.4 is 10.6 Å². The van der Waals surface area contributed by atoms with Crippen molar-refractivity contribution in [3.05, 3.63) is 42.0 Å². The van der Waals surface area contributed by atoms with E-state index in [0.29, 0.717) is 0 Å². The van der Waals surface area contributed by atoms with E-state index in [0.717, 1.165) is 47.7 Å². The quantitative estimate of drug-likeness (QED) is 0.777. The standard InChI is InChI=1S/C17H18N4OS/c22-16(14-3-1-2-8-18-14)19-13-6-4-12(5-7-13)15-11-21-9-10-23-17(21)20-15/h4-7,9-11,14,18H,1-3,8H2,(H,19,22)/t14-/m0/s1. The average molecular weight is 326 g/mol. The Morgan fingerprint density at radius 1 is 1.30 bits per heavy atom. The van der Waals surface area contributed by atoms with Crippen LogP contribution in [0.15, 0.2) is 42.0 Å². The zero-order chi connectivity index (χ0) is 15.6. The van der Waals surface area contributed by atoms with Gasteiger partial charge in [-0.1, -0.05) is 18.6 Å². The highest BCUT2D eigenvalue weighted by atomic mass is 32.1. The van der Waals surface area contributed by atoms with Gasteiger partial charge >= 0.3 is 0 Å². The zero-order valence-electron chi connectivity index (χ0n) is 12.7. The van der Waals surface area contributed by atoms with Crippen molar-refractivity contribution >= 4 is 27.9 Å². The van der Waals surface area contributed by atoms with Crippen LogP contribution in [0.25, 0.3) is 16.2 Å². The molecule has 0 bridgehead atoms. The minimum Gasteiger partial charge on any atom is -0.325 e. The zero-order valence-corrected chi connectivity index (χ0v) is 13.5. The van der Waals surface area contributed by atoms with Crippen LogP contribution in [-0.4, -0.2) is 27.9 Å². The van der Waals surface area contributed by atoms with Crippen LogP contribution in [0.5, 0.6) is 0 Å². The van der Waals surface area contributed by atoms with E-state index in [1.54, 1.807) is 11.3 Å². The van der Waals surface area contributed by atoms with E-state index in [-0.39, 0.29) is 11.9 Å². The summed E-state index contributed by atoms with van der Waals surface area (Å²) >= 11 is 1.62. The van der Waals surface area contributed by atoms with Crippen molar-refractivity contribution in [1.29, 1.82) is 0 Å². The number of anilines is 1. The number of rotatable bonds is 3. The van der Waals surface area contributed by atoms with Crippen molar-refractivity contribution in [3.63, 3.8) is 0 Å². The number of benzene rings is 1. The average Bonchev–Trinajstić information content (AvgIpc) is 3.18. The molecule has 0 radical (unpaired) electrons. The Kier molecular flexibility index (Phi) is 3.85. The molecule has 2 aromatic heterocycles. The van der Waals surface area contributed by atoms with Crippen LogP contribution in [0.1, 0.15) is 19.3 Å². The summed E-state index contributed by atoms with van der Waals surface area (Å²) in [7, 11) is 0. The smallest absolute Gasteiger partial charge is 0.241 e. The molecule has 1 fully saturated rings. The first kappa shape index (κ1) is 14.4. The molecule has 0 spiro atoms. The minimum atomic E-state index is -0.0663. The van der Waals surface area contributed by atoms with E-state index in [1.807, 2.05) is 46.4 Å². The van der Waals surface area contributed by atoms with Gasteiger partial charge in [-0.15, -0.1) is 11.3 Å². The van der Waals surface area contributed by atoms with Crippen molar-refractivity contribution in [2.24, 2.45) is 0 Å². The Morgan fingerprint density at radius 3 is 2.91 bits per heavy atom. The van der Waals surface area contributed by atoms with Gasteiger partial charge in [0.25, 0.3) is 0 Å². The summed E-state index contributed by atoms with van der Waals surface area (Å²) < 4.78 is 2.02. The van der Waals surface area contributed by atoms with Crippen LogP contribution in [0.4, 0.5) is 5.69 Å². The van der Waals surface area contributed by atoms with Gasteiger partial charge in [-0.25, -0.2) is 4.98 Å². The second kappa shape index (κ2) is 6.14. The number of fused-ring (bicyclic) bond motifs is 1. The van der Waals surface area contributed by atoms with E-state index >= 15 is 0 Å². The third-order valence-corrected chi connectivity index (χ3v) is 4.94. The molecule has 1 aliphatic heterocycles. The lowest BCUT2D eigenvalue weighted by molar-refractivity contribution is -0.118. The molecule has 23 heavy (non-hydrogen) atoms. The highest BCUT2D eigenvalue weighted by molar-refractivity contribution is 7.15. The van der Waals surface area contributed by atoms with Gasteiger partial charge in [-0.05, 0) is 31.5 Å². The highest BCUT2D eigenvalue weighted by Gasteiger charge is 2.20.